The number of likely N-dealkylation sites (N-methyl/N-ethyl adjacent to an activating group) is 1. The second-order valence-corrected chi connectivity index (χ2v) is 4.75. The van der Waals surface area contributed by atoms with Crippen molar-refractivity contribution in [2.75, 3.05) is 47.8 Å². The summed E-state index contributed by atoms with van der Waals surface area (Å²) in [5.41, 5.74) is 0. The number of nitrogens with zero attached hydrogens (tertiary/aromatic N) is 2. The molecule has 0 unspecified atom stereocenters. The minimum Gasteiger partial charge on any atom is -0.321 e. The van der Waals surface area contributed by atoms with Crippen LogP contribution in [0.5, 0.6) is 0 Å². The molecule has 0 aromatic rings. The number of hydrogen-bond donors (Lipinski definition) is 0. The van der Waals surface area contributed by atoms with Gasteiger partial charge in [0.25, 0.3) is 5.24 Å². The van der Waals surface area contributed by atoms with Crippen LogP contribution < -0.4 is 0 Å². The molecular formula is C9H20ClN2O+. The van der Waals surface area contributed by atoms with E-state index < -0.39 is 0 Å². The highest BCUT2D eigenvalue weighted by molar-refractivity contribution is 6.63. The summed E-state index contributed by atoms with van der Waals surface area (Å²) in [6.07, 6.45) is 1.09. The van der Waals surface area contributed by atoms with Crippen LogP contribution in [0.1, 0.15) is 6.42 Å². The van der Waals surface area contributed by atoms with Crippen LogP contribution >= 0.6 is 11.6 Å². The van der Waals surface area contributed by atoms with Crippen molar-refractivity contribution >= 4 is 16.8 Å². The number of rotatable bonds is 6. The molecule has 4 heteroatoms. The van der Waals surface area contributed by atoms with E-state index in [9.17, 15) is 4.79 Å². The summed E-state index contributed by atoms with van der Waals surface area (Å²) < 4.78 is 0.677. The molecule has 0 saturated carbocycles. The molecule has 0 aromatic carbocycles. The Morgan fingerprint density at radius 1 is 1.38 bits per heavy atom. The molecule has 0 amide bonds. The van der Waals surface area contributed by atoms with Crippen LogP contribution in [0.3, 0.4) is 0 Å². The predicted molar refractivity (Wildman–Crippen MR) is 55.9 cm³/mol. The number of halogens is 1. The maximum Gasteiger partial charge on any atom is 0.276 e. The summed E-state index contributed by atoms with van der Waals surface area (Å²) in [4.78, 5) is 12.8. The van der Waals surface area contributed by atoms with Crippen molar-refractivity contribution in [2.24, 2.45) is 0 Å². The number of hydrogen-bond acceptors (Lipinski definition) is 2. The highest BCUT2D eigenvalue weighted by Gasteiger charge is 2.17. The lowest BCUT2D eigenvalue weighted by Crippen LogP contribution is -2.44. The zero-order chi connectivity index (χ0) is 10.5. The maximum absolute atomic E-state index is 10.7. The first kappa shape index (κ1) is 12.9. The average Bonchev–Trinajstić information content (AvgIpc) is 1.81. The van der Waals surface area contributed by atoms with Gasteiger partial charge >= 0.3 is 0 Å². The summed E-state index contributed by atoms with van der Waals surface area (Å²) in [5.74, 6) is 0. The first-order valence-corrected chi connectivity index (χ1v) is 4.86. The van der Waals surface area contributed by atoms with Crippen LogP contribution in [-0.4, -0.2) is 62.5 Å². The van der Waals surface area contributed by atoms with E-state index in [1.807, 2.05) is 28.2 Å². The van der Waals surface area contributed by atoms with Gasteiger partial charge in [-0.2, -0.15) is 0 Å². The molecule has 0 N–H and O–H groups in total. The van der Waals surface area contributed by atoms with E-state index >= 15 is 0 Å². The monoisotopic (exact) mass is 207 g/mol. The zero-order valence-electron chi connectivity index (χ0n) is 9.01. The topological polar surface area (TPSA) is 20.3 Å². The van der Waals surface area contributed by atoms with Gasteiger partial charge < -0.3 is 9.38 Å². The standard InChI is InChI=1S/C9H20ClN2O/c1-11(2)6-5-7-12(3,4)8-9(10)13/h5-8H2,1-4H3/q+1. The highest BCUT2D eigenvalue weighted by Crippen LogP contribution is 2.01. The van der Waals surface area contributed by atoms with Gasteiger partial charge in [-0.15, -0.1) is 0 Å². The van der Waals surface area contributed by atoms with Gasteiger partial charge in [0.2, 0.25) is 0 Å². The molecule has 13 heavy (non-hydrogen) atoms. The zero-order valence-corrected chi connectivity index (χ0v) is 9.76. The summed E-state index contributed by atoms with van der Waals surface area (Å²) in [6.45, 7) is 2.45. The average molecular weight is 208 g/mol. The Labute approximate surface area is 85.9 Å². The number of carbonyl (C=O) groups is 1. The van der Waals surface area contributed by atoms with E-state index in [-0.39, 0.29) is 5.24 Å². The molecule has 0 rings (SSSR count). The third-order valence-corrected chi connectivity index (χ3v) is 2.04. The van der Waals surface area contributed by atoms with Crippen LogP contribution in [0, 0.1) is 0 Å². The maximum atomic E-state index is 10.7. The van der Waals surface area contributed by atoms with Gasteiger partial charge in [-0.1, -0.05) is 0 Å². The van der Waals surface area contributed by atoms with Crippen molar-refractivity contribution in [2.45, 2.75) is 6.42 Å². The Morgan fingerprint density at radius 3 is 2.31 bits per heavy atom. The van der Waals surface area contributed by atoms with Crippen molar-refractivity contribution in [3.63, 3.8) is 0 Å². The van der Waals surface area contributed by atoms with Gasteiger partial charge in [-0.05, 0) is 25.7 Å². The highest BCUT2D eigenvalue weighted by atomic mass is 35.5. The number of quaternary nitrogens is 1. The van der Waals surface area contributed by atoms with E-state index in [0.717, 1.165) is 19.5 Å². The first-order valence-electron chi connectivity index (χ1n) is 4.48. The fourth-order valence-electron chi connectivity index (χ4n) is 1.23. The summed E-state index contributed by atoms with van der Waals surface area (Å²) >= 11 is 5.34. The predicted octanol–water partition coefficient (Wildman–Crippen LogP) is 0.780. The fraction of sp³-hybridized carbons (Fsp3) is 0.889. The van der Waals surface area contributed by atoms with E-state index in [0.29, 0.717) is 11.0 Å². The largest absolute Gasteiger partial charge is 0.321 e. The molecule has 0 spiro atoms. The van der Waals surface area contributed by atoms with E-state index in [1.54, 1.807) is 0 Å². The first-order chi connectivity index (χ1) is 5.83. The van der Waals surface area contributed by atoms with Gasteiger partial charge in [-0.3, -0.25) is 4.79 Å². The van der Waals surface area contributed by atoms with Crippen LogP contribution in [-0.2, 0) is 4.79 Å². The Morgan fingerprint density at radius 2 is 1.92 bits per heavy atom. The van der Waals surface area contributed by atoms with E-state index in [2.05, 4.69) is 4.90 Å². The quantitative estimate of drug-likeness (QED) is 0.474. The third kappa shape index (κ3) is 8.22. The van der Waals surface area contributed by atoms with Gasteiger partial charge in [0.05, 0.1) is 20.6 Å². The number of carbonyl (C=O) groups excluding carboxylic acids is 1. The minimum absolute atomic E-state index is 0.255. The van der Waals surface area contributed by atoms with Crippen LogP contribution in [0.15, 0.2) is 0 Å². The van der Waals surface area contributed by atoms with E-state index in [1.165, 1.54) is 0 Å². The van der Waals surface area contributed by atoms with Crippen molar-refractivity contribution in [3.05, 3.63) is 0 Å². The SMILES string of the molecule is CN(C)CCC[N+](C)(C)CC(=O)Cl. The summed E-state index contributed by atoms with van der Waals surface area (Å²) in [5, 5.41) is -0.255. The molecular weight excluding hydrogens is 188 g/mol. The molecule has 0 heterocycles. The van der Waals surface area contributed by atoms with Gasteiger partial charge in [-0.25, -0.2) is 0 Å². The second-order valence-electron chi connectivity index (χ2n) is 4.33. The third-order valence-electron chi connectivity index (χ3n) is 1.92. The van der Waals surface area contributed by atoms with Crippen LogP contribution in [0.2, 0.25) is 0 Å². The Balaban J connectivity index is 3.69. The molecule has 0 aliphatic heterocycles. The van der Waals surface area contributed by atoms with E-state index in [4.69, 9.17) is 11.6 Å². The van der Waals surface area contributed by atoms with Crippen LogP contribution in [0.4, 0.5) is 0 Å². The van der Waals surface area contributed by atoms with Crippen molar-refractivity contribution in [1.29, 1.82) is 0 Å². The van der Waals surface area contributed by atoms with Crippen molar-refractivity contribution in [3.8, 4) is 0 Å². The molecule has 0 aliphatic carbocycles. The fourth-order valence-corrected chi connectivity index (χ4v) is 1.55. The Hall–Kier alpha value is -0.120. The normalized spacial score (nSPS) is 12.2. The Kier molecular flexibility index (Phi) is 5.53. The molecule has 0 bridgehead atoms. The molecule has 0 aromatic heterocycles. The van der Waals surface area contributed by atoms with Gasteiger partial charge in [0, 0.05) is 13.0 Å². The van der Waals surface area contributed by atoms with Gasteiger partial charge in [0.15, 0.2) is 6.54 Å². The smallest absolute Gasteiger partial charge is 0.276 e. The van der Waals surface area contributed by atoms with Crippen molar-refractivity contribution in [1.82, 2.24) is 4.90 Å². The molecule has 0 saturated heterocycles. The van der Waals surface area contributed by atoms with Crippen LogP contribution in [0.25, 0.3) is 0 Å². The Bertz CT molecular complexity index is 169. The molecule has 0 atom stereocenters. The summed E-state index contributed by atoms with van der Waals surface area (Å²) in [6, 6.07) is 0. The molecule has 78 valence electrons. The second kappa shape index (κ2) is 5.58. The van der Waals surface area contributed by atoms with Crippen molar-refractivity contribution < 1.29 is 9.28 Å². The minimum atomic E-state index is -0.255. The molecule has 3 nitrogen and oxygen atoms in total. The molecule has 0 radical (unpaired) electrons. The lowest BCUT2D eigenvalue weighted by molar-refractivity contribution is -0.882. The molecule has 0 aliphatic rings. The molecule has 0 fully saturated rings. The lowest BCUT2D eigenvalue weighted by Gasteiger charge is -2.28. The lowest BCUT2D eigenvalue weighted by atomic mass is 10.3. The van der Waals surface area contributed by atoms with Gasteiger partial charge in [0.1, 0.15) is 0 Å². The summed E-state index contributed by atoms with van der Waals surface area (Å²) in [7, 11) is 8.14.